The predicted octanol–water partition coefficient (Wildman–Crippen LogP) is 3.47. The van der Waals surface area contributed by atoms with Gasteiger partial charge in [0.25, 0.3) is 0 Å². The molecule has 0 heterocycles. The number of hydrogen-bond acceptors (Lipinski definition) is 2. The first-order chi connectivity index (χ1) is 9.22. The quantitative estimate of drug-likeness (QED) is 0.832. The highest BCUT2D eigenvalue weighted by molar-refractivity contribution is 5.40. The number of aliphatic hydroxyl groups is 1. The van der Waals surface area contributed by atoms with E-state index < -0.39 is 11.9 Å². The van der Waals surface area contributed by atoms with Gasteiger partial charge in [0.2, 0.25) is 0 Å². The largest absolute Gasteiger partial charge is 0.489 e. The lowest BCUT2D eigenvalue weighted by molar-refractivity contribution is 0.212. The van der Waals surface area contributed by atoms with Gasteiger partial charge in [0.1, 0.15) is 24.3 Å². The van der Waals surface area contributed by atoms with Crippen molar-refractivity contribution in [3.8, 4) is 5.75 Å². The van der Waals surface area contributed by atoms with Gasteiger partial charge >= 0.3 is 0 Å². The zero-order valence-electron chi connectivity index (χ0n) is 10.4. The van der Waals surface area contributed by atoms with Crippen LogP contribution in [0.15, 0.2) is 61.2 Å². The Labute approximate surface area is 111 Å². The lowest BCUT2D eigenvalue weighted by Crippen LogP contribution is -2.04. The van der Waals surface area contributed by atoms with Gasteiger partial charge in [-0.1, -0.05) is 43.0 Å². The molecule has 0 fully saturated rings. The summed E-state index contributed by atoms with van der Waals surface area (Å²) in [5, 5.41) is 10.3. The van der Waals surface area contributed by atoms with E-state index in [0.717, 1.165) is 5.56 Å². The zero-order chi connectivity index (χ0) is 13.7. The van der Waals surface area contributed by atoms with E-state index in [1.165, 1.54) is 18.2 Å². The molecule has 0 aliphatic carbocycles. The minimum absolute atomic E-state index is 0.262. The molecule has 0 saturated carbocycles. The van der Waals surface area contributed by atoms with Crippen LogP contribution < -0.4 is 4.74 Å². The second-order valence-electron chi connectivity index (χ2n) is 4.10. The van der Waals surface area contributed by atoms with E-state index in [1.54, 1.807) is 6.08 Å². The monoisotopic (exact) mass is 258 g/mol. The van der Waals surface area contributed by atoms with Crippen LogP contribution in [-0.2, 0) is 0 Å². The van der Waals surface area contributed by atoms with Gasteiger partial charge in [0.05, 0.1) is 0 Å². The summed E-state index contributed by atoms with van der Waals surface area (Å²) in [6.45, 7) is 3.81. The topological polar surface area (TPSA) is 29.5 Å². The van der Waals surface area contributed by atoms with E-state index in [-0.39, 0.29) is 6.61 Å². The van der Waals surface area contributed by atoms with Gasteiger partial charge < -0.3 is 9.84 Å². The normalized spacial score (nSPS) is 11.9. The van der Waals surface area contributed by atoms with E-state index in [1.807, 2.05) is 30.3 Å². The molecular weight excluding hydrogens is 243 g/mol. The molecule has 0 bridgehead atoms. The second-order valence-corrected chi connectivity index (χ2v) is 4.10. The Morgan fingerprint density at radius 3 is 2.63 bits per heavy atom. The third-order valence-electron chi connectivity index (χ3n) is 2.74. The molecule has 0 amide bonds. The van der Waals surface area contributed by atoms with Crippen molar-refractivity contribution in [2.75, 3.05) is 6.61 Å². The van der Waals surface area contributed by atoms with E-state index in [9.17, 15) is 9.50 Å². The molecule has 0 aliphatic heterocycles. The fraction of sp³-hybridized carbons (Fsp3) is 0.125. The van der Waals surface area contributed by atoms with Gasteiger partial charge in [-0.25, -0.2) is 4.39 Å². The van der Waals surface area contributed by atoms with Crippen LogP contribution in [0.25, 0.3) is 0 Å². The molecule has 2 rings (SSSR count). The second kappa shape index (κ2) is 6.16. The van der Waals surface area contributed by atoms with Crippen molar-refractivity contribution in [3.63, 3.8) is 0 Å². The predicted molar refractivity (Wildman–Crippen MR) is 72.6 cm³/mol. The summed E-state index contributed by atoms with van der Waals surface area (Å²) in [5.74, 6) is -0.0701. The number of ether oxygens (including phenoxy) is 1. The number of benzene rings is 2. The van der Waals surface area contributed by atoms with Crippen molar-refractivity contribution in [1.82, 2.24) is 0 Å². The molecule has 1 unspecified atom stereocenters. The van der Waals surface area contributed by atoms with E-state index in [0.29, 0.717) is 11.3 Å². The summed E-state index contributed by atoms with van der Waals surface area (Å²) in [7, 11) is 0. The van der Waals surface area contributed by atoms with Crippen molar-refractivity contribution in [3.05, 3.63) is 78.1 Å². The molecule has 3 heteroatoms. The van der Waals surface area contributed by atoms with Gasteiger partial charge in [-0.05, 0) is 17.7 Å². The minimum atomic E-state index is -0.846. The van der Waals surface area contributed by atoms with Gasteiger partial charge in [0, 0.05) is 11.6 Å². The first kappa shape index (κ1) is 13.3. The number of aliphatic hydroxyl groups excluding tert-OH is 1. The van der Waals surface area contributed by atoms with Crippen molar-refractivity contribution in [1.29, 1.82) is 0 Å². The van der Waals surface area contributed by atoms with Crippen LogP contribution in [-0.4, -0.2) is 11.7 Å². The molecule has 2 nitrogen and oxygen atoms in total. The van der Waals surface area contributed by atoms with Gasteiger partial charge in [-0.3, -0.25) is 0 Å². The molecule has 1 atom stereocenters. The molecule has 98 valence electrons. The Bertz CT molecular complexity index is 552. The smallest absolute Gasteiger partial charge is 0.128 e. The fourth-order valence-electron chi connectivity index (χ4n) is 1.82. The number of halogens is 1. The SMILES string of the molecule is C=CCOc1cc(F)ccc1C(O)c1ccccc1. The summed E-state index contributed by atoms with van der Waals surface area (Å²) < 4.78 is 18.6. The van der Waals surface area contributed by atoms with E-state index >= 15 is 0 Å². The summed E-state index contributed by atoms with van der Waals surface area (Å²) in [6, 6.07) is 13.3. The summed E-state index contributed by atoms with van der Waals surface area (Å²) in [4.78, 5) is 0. The van der Waals surface area contributed by atoms with Crippen molar-refractivity contribution in [2.45, 2.75) is 6.10 Å². The number of hydrogen-bond donors (Lipinski definition) is 1. The minimum Gasteiger partial charge on any atom is -0.489 e. The lowest BCUT2D eigenvalue weighted by atomic mass is 10.0. The van der Waals surface area contributed by atoms with Crippen molar-refractivity contribution < 1.29 is 14.2 Å². The molecule has 0 spiro atoms. The van der Waals surface area contributed by atoms with E-state index in [4.69, 9.17) is 4.74 Å². The van der Waals surface area contributed by atoms with Gasteiger partial charge in [0.15, 0.2) is 0 Å². The molecule has 0 aromatic heterocycles. The Balaban J connectivity index is 2.35. The average molecular weight is 258 g/mol. The van der Waals surface area contributed by atoms with Crippen molar-refractivity contribution in [2.24, 2.45) is 0 Å². The third-order valence-corrected chi connectivity index (χ3v) is 2.74. The summed E-state index contributed by atoms with van der Waals surface area (Å²) in [5.41, 5.74) is 1.27. The molecule has 2 aromatic carbocycles. The highest BCUT2D eigenvalue weighted by Gasteiger charge is 2.16. The molecule has 2 aromatic rings. The van der Waals surface area contributed by atoms with Crippen LogP contribution >= 0.6 is 0 Å². The Morgan fingerprint density at radius 1 is 1.21 bits per heavy atom. The van der Waals surface area contributed by atoms with Gasteiger partial charge in [-0.15, -0.1) is 0 Å². The maximum atomic E-state index is 13.3. The van der Waals surface area contributed by atoms with Crippen LogP contribution in [0.4, 0.5) is 4.39 Å². The van der Waals surface area contributed by atoms with Crippen LogP contribution in [0.2, 0.25) is 0 Å². The average Bonchev–Trinajstić information content (AvgIpc) is 2.45. The van der Waals surface area contributed by atoms with Crippen LogP contribution in [0.3, 0.4) is 0 Å². The highest BCUT2D eigenvalue weighted by Crippen LogP contribution is 2.30. The van der Waals surface area contributed by atoms with Crippen molar-refractivity contribution >= 4 is 0 Å². The molecule has 0 aliphatic rings. The maximum Gasteiger partial charge on any atom is 0.128 e. The van der Waals surface area contributed by atoms with Crippen LogP contribution in [0.5, 0.6) is 5.75 Å². The Hall–Kier alpha value is -2.13. The van der Waals surface area contributed by atoms with Crippen LogP contribution in [0, 0.1) is 5.82 Å². The zero-order valence-corrected chi connectivity index (χ0v) is 10.4. The number of rotatable bonds is 5. The molecular formula is C16H15FO2. The standard InChI is InChI=1S/C16H15FO2/c1-2-10-19-15-11-13(17)8-9-14(15)16(18)12-6-4-3-5-7-12/h2-9,11,16,18H,1,10H2. The molecule has 19 heavy (non-hydrogen) atoms. The fourth-order valence-corrected chi connectivity index (χ4v) is 1.82. The molecule has 1 N–H and O–H groups in total. The van der Waals surface area contributed by atoms with Crippen LogP contribution in [0.1, 0.15) is 17.2 Å². The highest BCUT2D eigenvalue weighted by atomic mass is 19.1. The molecule has 0 radical (unpaired) electrons. The Morgan fingerprint density at radius 2 is 1.95 bits per heavy atom. The lowest BCUT2D eigenvalue weighted by Gasteiger charge is -2.16. The van der Waals surface area contributed by atoms with Gasteiger partial charge in [-0.2, -0.15) is 0 Å². The van der Waals surface area contributed by atoms with E-state index in [2.05, 4.69) is 6.58 Å². The maximum absolute atomic E-state index is 13.3. The summed E-state index contributed by atoms with van der Waals surface area (Å²) >= 11 is 0. The first-order valence-corrected chi connectivity index (χ1v) is 5.98. The summed E-state index contributed by atoms with van der Waals surface area (Å²) in [6.07, 6.45) is 0.727. The third kappa shape index (κ3) is 3.20. The Kier molecular flexibility index (Phi) is 4.31. The first-order valence-electron chi connectivity index (χ1n) is 5.98. The molecule has 0 saturated heterocycles.